The van der Waals surface area contributed by atoms with Crippen molar-refractivity contribution >= 4 is 24.1 Å². The van der Waals surface area contributed by atoms with Gasteiger partial charge >= 0.3 is 0 Å². The van der Waals surface area contributed by atoms with Crippen LogP contribution >= 0.6 is 12.6 Å². The minimum atomic E-state index is -0.0916. The number of hydrogen-bond acceptors (Lipinski definition) is 4. The van der Waals surface area contributed by atoms with Gasteiger partial charge in [-0.05, 0) is 50.8 Å². The Labute approximate surface area is 156 Å². The van der Waals surface area contributed by atoms with E-state index in [0.29, 0.717) is 0 Å². The lowest BCUT2D eigenvalue weighted by atomic mass is 9.84. The number of ether oxygens (including phenoxy) is 1. The molecule has 3 rings (SSSR count). The molecule has 0 unspecified atom stereocenters. The van der Waals surface area contributed by atoms with E-state index in [1.54, 1.807) is 7.11 Å². The highest BCUT2D eigenvalue weighted by Gasteiger charge is 2.30. The van der Waals surface area contributed by atoms with Gasteiger partial charge in [0, 0.05) is 33.7 Å². The number of fused-ring (bicyclic) bond motifs is 1. The first-order valence-corrected chi connectivity index (χ1v) is 9.78. The van der Waals surface area contributed by atoms with Crippen LogP contribution in [-0.4, -0.2) is 18.4 Å². The number of carbonyl (C=O) groups is 1. The average Bonchev–Trinajstić information content (AvgIpc) is 2.83. The Morgan fingerprint density at radius 2 is 1.92 bits per heavy atom. The Morgan fingerprint density at radius 1 is 1.24 bits per heavy atom. The van der Waals surface area contributed by atoms with Crippen LogP contribution in [0.4, 0.5) is 0 Å². The summed E-state index contributed by atoms with van der Waals surface area (Å²) in [6, 6.07) is 4.08. The van der Waals surface area contributed by atoms with Crippen molar-refractivity contribution in [3.05, 3.63) is 29.3 Å². The quantitative estimate of drug-likeness (QED) is 0.463. The largest absolute Gasteiger partial charge is 0.496 e. The SMILES string of the molecule is COc1cc2c(cc1S)/C(=C/C(=O)C1CCCCCC1)NC(C)(C)C2. The van der Waals surface area contributed by atoms with Crippen molar-refractivity contribution < 1.29 is 9.53 Å². The van der Waals surface area contributed by atoms with Gasteiger partial charge in [0.2, 0.25) is 0 Å². The van der Waals surface area contributed by atoms with Gasteiger partial charge in [0.05, 0.1) is 7.11 Å². The number of benzene rings is 1. The second-order valence-corrected chi connectivity index (χ2v) is 8.50. The van der Waals surface area contributed by atoms with Gasteiger partial charge in [0.15, 0.2) is 5.78 Å². The Hall–Kier alpha value is -1.42. The maximum Gasteiger partial charge on any atom is 0.160 e. The van der Waals surface area contributed by atoms with E-state index < -0.39 is 0 Å². The molecular formula is C21H29NO2S. The van der Waals surface area contributed by atoms with Crippen LogP contribution in [0.3, 0.4) is 0 Å². The second kappa shape index (κ2) is 7.45. The Kier molecular flexibility index (Phi) is 5.47. The zero-order valence-corrected chi connectivity index (χ0v) is 16.4. The number of ketones is 1. The van der Waals surface area contributed by atoms with Gasteiger partial charge in [-0.25, -0.2) is 0 Å². The van der Waals surface area contributed by atoms with E-state index in [1.807, 2.05) is 12.1 Å². The zero-order valence-electron chi connectivity index (χ0n) is 15.5. The predicted octanol–water partition coefficient (Wildman–Crippen LogP) is 4.79. The number of thiol groups is 1. The molecule has 2 aliphatic rings. The summed E-state index contributed by atoms with van der Waals surface area (Å²) < 4.78 is 5.42. The molecule has 0 amide bonds. The maximum atomic E-state index is 12.9. The number of hydrogen-bond donors (Lipinski definition) is 2. The molecule has 0 aromatic heterocycles. The van der Waals surface area contributed by atoms with Crippen LogP contribution in [0.25, 0.3) is 5.70 Å². The minimum Gasteiger partial charge on any atom is -0.496 e. The topological polar surface area (TPSA) is 38.3 Å². The number of rotatable bonds is 3. The van der Waals surface area contributed by atoms with Crippen molar-refractivity contribution in [3.8, 4) is 5.75 Å². The molecule has 136 valence electrons. The summed E-state index contributed by atoms with van der Waals surface area (Å²) in [7, 11) is 1.67. The molecule has 1 heterocycles. The molecule has 1 fully saturated rings. The molecule has 0 spiro atoms. The monoisotopic (exact) mass is 359 g/mol. The van der Waals surface area contributed by atoms with Gasteiger partial charge in [0.1, 0.15) is 5.75 Å². The lowest BCUT2D eigenvalue weighted by Gasteiger charge is -2.36. The van der Waals surface area contributed by atoms with E-state index in [2.05, 4.69) is 37.9 Å². The van der Waals surface area contributed by atoms with Crippen LogP contribution in [0.1, 0.15) is 63.5 Å². The highest BCUT2D eigenvalue weighted by atomic mass is 32.1. The third kappa shape index (κ3) is 4.22. The number of nitrogens with one attached hydrogen (secondary N) is 1. The van der Waals surface area contributed by atoms with Crippen LogP contribution < -0.4 is 10.1 Å². The molecule has 1 N–H and O–H groups in total. The van der Waals surface area contributed by atoms with Crippen LogP contribution in [0.15, 0.2) is 23.1 Å². The van der Waals surface area contributed by atoms with Crippen molar-refractivity contribution in [2.45, 2.75) is 69.2 Å². The fourth-order valence-corrected chi connectivity index (χ4v) is 4.35. The first kappa shape index (κ1) is 18.4. The van der Waals surface area contributed by atoms with Crippen molar-refractivity contribution in [2.24, 2.45) is 5.92 Å². The highest BCUT2D eigenvalue weighted by molar-refractivity contribution is 7.80. The Bertz CT molecular complexity index is 685. The van der Waals surface area contributed by atoms with E-state index >= 15 is 0 Å². The summed E-state index contributed by atoms with van der Waals surface area (Å²) in [5.74, 6) is 1.23. The molecule has 0 saturated heterocycles. The van der Waals surface area contributed by atoms with Crippen molar-refractivity contribution in [3.63, 3.8) is 0 Å². The third-order valence-electron chi connectivity index (χ3n) is 5.34. The van der Waals surface area contributed by atoms with Gasteiger partial charge in [-0.15, -0.1) is 12.6 Å². The molecule has 4 heteroatoms. The number of methoxy groups -OCH3 is 1. The minimum absolute atomic E-state index is 0.0916. The molecule has 3 nitrogen and oxygen atoms in total. The third-order valence-corrected chi connectivity index (χ3v) is 5.69. The second-order valence-electron chi connectivity index (χ2n) is 8.02. The standard InChI is InChI=1S/C21H29NO2S/c1-21(2)13-15-10-19(24-3)20(25)11-16(15)17(22-21)12-18(23)14-8-6-4-5-7-9-14/h10-12,14,22,25H,4-9,13H2,1-3H3/b17-12-. The van der Waals surface area contributed by atoms with E-state index in [0.717, 1.165) is 41.2 Å². The molecule has 25 heavy (non-hydrogen) atoms. The van der Waals surface area contributed by atoms with Gasteiger partial charge in [0.25, 0.3) is 0 Å². The molecule has 1 aromatic carbocycles. The lowest BCUT2D eigenvalue weighted by Crippen LogP contribution is -2.44. The molecule has 0 bridgehead atoms. The summed E-state index contributed by atoms with van der Waals surface area (Å²) in [6.45, 7) is 4.34. The van der Waals surface area contributed by atoms with Crippen LogP contribution in [-0.2, 0) is 11.2 Å². The summed E-state index contributed by atoms with van der Waals surface area (Å²) in [5.41, 5.74) is 3.12. The smallest absolute Gasteiger partial charge is 0.160 e. The molecule has 0 radical (unpaired) electrons. The van der Waals surface area contributed by atoms with Crippen LogP contribution in [0, 0.1) is 5.92 Å². The molecule has 0 atom stereocenters. The molecule has 1 aliphatic heterocycles. The summed E-state index contributed by atoms with van der Waals surface area (Å²) >= 11 is 4.54. The van der Waals surface area contributed by atoms with Crippen molar-refractivity contribution in [1.29, 1.82) is 0 Å². The van der Waals surface area contributed by atoms with Crippen molar-refractivity contribution in [2.75, 3.05) is 7.11 Å². The summed E-state index contributed by atoms with van der Waals surface area (Å²) in [4.78, 5) is 13.7. The lowest BCUT2D eigenvalue weighted by molar-refractivity contribution is -0.118. The van der Waals surface area contributed by atoms with E-state index in [-0.39, 0.29) is 17.2 Å². The first-order chi connectivity index (χ1) is 11.9. The Morgan fingerprint density at radius 3 is 2.56 bits per heavy atom. The number of allylic oxidation sites excluding steroid dienone is 1. The fraction of sp³-hybridized carbons (Fsp3) is 0.571. The maximum absolute atomic E-state index is 12.9. The van der Waals surface area contributed by atoms with Crippen LogP contribution in [0.5, 0.6) is 5.75 Å². The van der Waals surface area contributed by atoms with E-state index in [1.165, 1.54) is 31.2 Å². The van der Waals surface area contributed by atoms with Gasteiger partial charge in [-0.2, -0.15) is 0 Å². The van der Waals surface area contributed by atoms with E-state index in [4.69, 9.17) is 4.74 Å². The van der Waals surface area contributed by atoms with Gasteiger partial charge < -0.3 is 10.1 Å². The normalized spacial score (nSPS) is 22.0. The summed E-state index contributed by atoms with van der Waals surface area (Å²) in [6.07, 6.45) is 9.66. The first-order valence-electron chi connectivity index (χ1n) is 9.33. The summed E-state index contributed by atoms with van der Waals surface area (Å²) in [5, 5.41) is 3.56. The highest BCUT2D eigenvalue weighted by Crippen LogP contribution is 2.36. The van der Waals surface area contributed by atoms with Gasteiger partial charge in [-0.1, -0.05) is 25.7 Å². The van der Waals surface area contributed by atoms with Crippen molar-refractivity contribution in [1.82, 2.24) is 5.32 Å². The predicted molar refractivity (Wildman–Crippen MR) is 105 cm³/mol. The molecule has 1 aliphatic carbocycles. The Balaban J connectivity index is 1.95. The van der Waals surface area contributed by atoms with Gasteiger partial charge in [-0.3, -0.25) is 4.79 Å². The fourth-order valence-electron chi connectivity index (χ4n) is 4.06. The number of carbonyl (C=O) groups excluding carboxylic acids is 1. The van der Waals surface area contributed by atoms with E-state index in [9.17, 15) is 4.79 Å². The van der Waals surface area contributed by atoms with Crippen LogP contribution in [0.2, 0.25) is 0 Å². The average molecular weight is 360 g/mol. The molecule has 1 saturated carbocycles. The molecular weight excluding hydrogens is 330 g/mol. The zero-order chi connectivity index (χ0) is 18.0. The molecule has 1 aromatic rings.